The maximum absolute atomic E-state index is 12.1. The van der Waals surface area contributed by atoms with Gasteiger partial charge >= 0.3 is 0 Å². The van der Waals surface area contributed by atoms with Crippen molar-refractivity contribution in [1.29, 1.82) is 0 Å². The summed E-state index contributed by atoms with van der Waals surface area (Å²) in [6.45, 7) is 1.75. The fourth-order valence-electron chi connectivity index (χ4n) is 1.57. The molecule has 0 aliphatic carbocycles. The third-order valence-electron chi connectivity index (χ3n) is 2.79. The average molecular weight is 280 g/mol. The van der Waals surface area contributed by atoms with E-state index in [1.54, 1.807) is 49.9 Å². The summed E-state index contributed by atoms with van der Waals surface area (Å²) in [4.78, 5) is 4.01. The van der Waals surface area contributed by atoms with Gasteiger partial charge in [0.15, 0.2) is 5.03 Å². The smallest absolute Gasteiger partial charge is 0.280 e. The van der Waals surface area contributed by atoms with E-state index < -0.39 is 10.0 Å². The normalized spacial score (nSPS) is 11.3. The molecule has 19 heavy (non-hydrogen) atoms. The van der Waals surface area contributed by atoms with Crippen LogP contribution in [-0.4, -0.2) is 25.0 Å². The quantitative estimate of drug-likeness (QED) is 0.891. The van der Waals surface area contributed by atoms with E-state index in [4.69, 9.17) is 0 Å². The average Bonchev–Trinajstić information content (AvgIpc) is 2.71. The van der Waals surface area contributed by atoms with Crippen molar-refractivity contribution in [2.24, 2.45) is 7.05 Å². The van der Waals surface area contributed by atoms with Crippen molar-refractivity contribution in [1.82, 2.24) is 9.55 Å². The number of nitrogens with zero attached hydrogens (tertiary/aromatic N) is 2. The molecule has 102 valence electrons. The second-order valence-electron chi connectivity index (χ2n) is 4.17. The van der Waals surface area contributed by atoms with Gasteiger partial charge in [-0.1, -0.05) is 0 Å². The molecule has 0 aliphatic heterocycles. The first-order chi connectivity index (χ1) is 8.92. The standard InChI is InChI=1S/C12H16N4O2S/c1-9-14-12(8-16(9)3)19(17,18)15-11-6-4-10(13-2)5-7-11/h4-8,13,15H,1-3H3. The molecular formula is C12H16N4O2S. The van der Waals surface area contributed by atoms with E-state index in [0.717, 1.165) is 5.69 Å². The van der Waals surface area contributed by atoms with Crippen molar-refractivity contribution < 1.29 is 8.42 Å². The molecule has 0 aliphatic rings. The van der Waals surface area contributed by atoms with Crippen LogP contribution >= 0.6 is 0 Å². The van der Waals surface area contributed by atoms with Crippen molar-refractivity contribution in [2.45, 2.75) is 11.9 Å². The lowest BCUT2D eigenvalue weighted by Gasteiger charge is -2.06. The minimum absolute atomic E-state index is 0.0187. The van der Waals surface area contributed by atoms with E-state index >= 15 is 0 Å². The zero-order chi connectivity index (χ0) is 14.0. The Balaban J connectivity index is 2.25. The number of aromatic nitrogens is 2. The monoisotopic (exact) mass is 280 g/mol. The highest BCUT2D eigenvalue weighted by Crippen LogP contribution is 2.17. The number of hydrogen-bond donors (Lipinski definition) is 2. The van der Waals surface area contributed by atoms with Crippen LogP contribution in [0.2, 0.25) is 0 Å². The Labute approximate surface area is 112 Å². The summed E-state index contributed by atoms with van der Waals surface area (Å²) < 4.78 is 28.4. The first-order valence-electron chi connectivity index (χ1n) is 5.73. The topological polar surface area (TPSA) is 76.0 Å². The molecule has 0 atom stereocenters. The summed E-state index contributed by atoms with van der Waals surface area (Å²) in [5.41, 5.74) is 1.42. The Kier molecular flexibility index (Phi) is 3.48. The number of aryl methyl sites for hydroxylation is 2. The third kappa shape index (κ3) is 2.87. The lowest BCUT2D eigenvalue weighted by molar-refractivity contribution is 0.598. The van der Waals surface area contributed by atoms with Gasteiger partial charge in [-0.15, -0.1) is 0 Å². The molecule has 6 nitrogen and oxygen atoms in total. The molecule has 0 spiro atoms. The molecule has 2 aromatic rings. The highest BCUT2D eigenvalue weighted by Gasteiger charge is 2.18. The zero-order valence-electron chi connectivity index (χ0n) is 11.0. The molecular weight excluding hydrogens is 264 g/mol. The van der Waals surface area contributed by atoms with Gasteiger partial charge in [-0.3, -0.25) is 4.72 Å². The van der Waals surface area contributed by atoms with Crippen molar-refractivity contribution in [3.05, 3.63) is 36.3 Å². The van der Waals surface area contributed by atoms with Gasteiger partial charge in [0.05, 0.1) is 0 Å². The number of hydrogen-bond acceptors (Lipinski definition) is 4. The van der Waals surface area contributed by atoms with Crippen molar-refractivity contribution >= 4 is 21.4 Å². The fraction of sp³-hybridized carbons (Fsp3) is 0.250. The highest BCUT2D eigenvalue weighted by atomic mass is 32.2. The molecule has 0 saturated heterocycles. The molecule has 0 unspecified atom stereocenters. The molecule has 0 saturated carbocycles. The van der Waals surface area contributed by atoms with Gasteiger partial charge in [-0.25, -0.2) is 4.98 Å². The van der Waals surface area contributed by atoms with Gasteiger partial charge in [-0.2, -0.15) is 8.42 Å². The largest absolute Gasteiger partial charge is 0.388 e. The van der Waals surface area contributed by atoms with Crippen molar-refractivity contribution in [3.8, 4) is 0 Å². The lowest BCUT2D eigenvalue weighted by Crippen LogP contribution is -2.13. The first-order valence-corrected chi connectivity index (χ1v) is 7.21. The molecule has 2 N–H and O–H groups in total. The molecule has 0 fully saturated rings. The van der Waals surface area contributed by atoms with Gasteiger partial charge in [0.25, 0.3) is 10.0 Å². The van der Waals surface area contributed by atoms with Gasteiger partial charge < -0.3 is 9.88 Å². The Morgan fingerprint density at radius 2 is 1.74 bits per heavy atom. The second-order valence-corrected chi connectivity index (χ2v) is 5.80. The predicted molar refractivity (Wildman–Crippen MR) is 74.7 cm³/mol. The van der Waals surface area contributed by atoms with Crippen LogP contribution in [-0.2, 0) is 17.1 Å². The van der Waals surface area contributed by atoms with Crippen LogP contribution in [0.5, 0.6) is 0 Å². The molecule has 2 rings (SSSR count). The second kappa shape index (κ2) is 4.93. The van der Waals surface area contributed by atoms with E-state index in [0.29, 0.717) is 11.5 Å². The summed E-state index contributed by atoms with van der Waals surface area (Å²) in [5.74, 6) is 0.644. The molecule has 7 heteroatoms. The number of rotatable bonds is 4. The molecule has 1 aromatic heterocycles. The summed E-state index contributed by atoms with van der Waals surface area (Å²) in [6, 6.07) is 6.97. The van der Waals surface area contributed by atoms with Crippen LogP contribution in [0.3, 0.4) is 0 Å². The van der Waals surface area contributed by atoms with Crippen LogP contribution in [0.1, 0.15) is 5.82 Å². The molecule has 0 bridgehead atoms. The van der Waals surface area contributed by atoms with Crippen molar-refractivity contribution in [2.75, 3.05) is 17.1 Å². The summed E-state index contributed by atoms with van der Waals surface area (Å²) in [7, 11) is -0.0825. The molecule has 0 amide bonds. The number of sulfonamides is 1. The molecule has 0 radical (unpaired) electrons. The number of nitrogens with one attached hydrogen (secondary N) is 2. The maximum Gasteiger partial charge on any atom is 0.280 e. The van der Waals surface area contributed by atoms with Gasteiger partial charge in [0, 0.05) is 31.7 Å². The zero-order valence-corrected chi connectivity index (χ0v) is 11.8. The predicted octanol–water partition coefficient (Wildman–Crippen LogP) is 1.57. The molecule has 1 aromatic carbocycles. The SMILES string of the molecule is CNc1ccc(NS(=O)(=O)c2cn(C)c(C)n2)cc1. The number of anilines is 2. The Hall–Kier alpha value is -2.02. The van der Waals surface area contributed by atoms with Crippen LogP contribution in [0.25, 0.3) is 0 Å². The maximum atomic E-state index is 12.1. The fourth-order valence-corrected chi connectivity index (χ4v) is 2.67. The van der Waals surface area contributed by atoms with E-state index in [9.17, 15) is 8.42 Å². The van der Waals surface area contributed by atoms with E-state index in [2.05, 4.69) is 15.0 Å². The number of benzene rings is 1. The molecule has 1 heterocycles. The Morgan fingerprint density at radius 1 is 1.16 bits per heavy atom. The van der Waals surface area contributed by atoms with Crippen LogP contribution in [0.4, 0.5) is 11.4 Å². The van der Waals surface area contributed by atoms with E-state index in [-0.39, 0.29) is 5.03 Å². The van der Waals surface area contributed by atoms with Gasteiger partial charge in [0.1, 0.15) is 5.82 Å². The summed E-state index contributed by atoms with van der Waals surface area (Å²) in [6.07, 6.45) is 1.49. The van der Waals surface area contributed by atoms with Crippen molar-refractivity contribution in [3.63, 3.8) is 0 Å². The van der Waals surface area contributed by atoms with Crippen LogP contribution < -0.4 is 10.0 Å². The summed E-state index contributed by atoms with van der Waals surface area (Å²) in [5, 5.41) is 2.99. The van der Waals surface area contributed by atoms with E-state index in [1.165, 1.54) is 6.20 Å². The lowest BCUT2D eigenvalue weighted by atomic mass is 10.3. The minimum atomic E-state index is -3.64. The Bertz CT molecular complexity index is 655. The van der Waals surface area contributed by atoms with Crippen LogP contribution in [0, 0.1) is 6.92 Å². The van der Waals surface area contributed by atoms with E-state index in [1.807, 2.05) is 0 Å². The summed E-state index contributed by atoms with van der Waals surface area (Å²) >= 11 is 0. The van der Waals surface area contributed by atoms with Gasteiger partial charge in [-0.05, 0) is 31.2 Å². The highest BCUT2D eigenvalue weighted by molar-refractivity contribution is 7.92. The first kappa shape index (κ1) is 13.4. The van der Waals surface area contributed by atoms with Gasteiger partial charge in [0.2, 0.25) is 0 Å². The Morgan fingerprint density at radius 3 is 2.21 bits per heavy atom. The van der Waals surface area contributed by atoms with Crippen LogP contribution in [0.15, 0.2) is 35.5 Å². The number of imidazole rings is 1. The third-order valence-corrected chi connectivity index (χ3v) is 4.04. The minimum Gasteiger partial charge on any atom is -0.388 e.